The molecule has 0 aromatic heterocycles. The van der Waals surface area contributed by atoms with Gasteiger partial charge in [0.15, 0.2) is 0 Å². The lowest BCUT2D eigenvalue weighted by Crippen LogP contribution is -2.36. The molecule has 2 rings (SSSR count). The minimum Gasteiger partial charge on any atom is -0.323 e. The van der Waals surface area contributed by atoms with Gasteiger partial charge >= 0.3 is 0 Å². The van der Waals surface area contributed by atoms with Crippen LogP contribution in [0.15, 0.2) is 18.2 Å². The number of carbonyl (C=O) groups excluding carboxylic acids is 2. The van der Waals surface area contributed by atoms with Gasteiger partial charge in [0.25, 0.3) is 0 Å². The van der Waals surface area contributed by atoms with Crippen LogP contribution in [0.4, 0.5) is 11.4 Å². The first kappa shape index (κ1) is 19.4. The number of aryl methyl sites for hydroxylation is 1. The molecule has 0 radical (unpaired) electrons. The summed E-state index contributed by atoms with van der Waals surface area (Å²) in [6.07, 6.45) is 4.83. The zero-order chi connectivity index (χ0) is 18.4. The monoisotopic (exact) mass is 346 g/mol. The zero-order valence-corrected chi connectivity index (χ0v) is 15.8. The molecule has 0 atom stereocenters. The topological polar surface area (TPSA) is 64.7 Å². The Labute approximate surface area is 150 Å². The highest BCUT2D eigenvalue weighted by molar-refractivity contribution is 6.00. The first-order valence-corrected chi connectivity index (χ1v) is 8.90. The van der Waals surface area contributed by atoms with Crippen LogP contribution in [-0.2, 0) is 9.59 Å². The van der Waals surface area contributed by atoms with Gasteiger partial charge in [0.1, 0.15) is 0 Å². The number of carbonyl (C=O) groups is 2. The molecule has 138 valence electrons. The number of nitrogens with one attached hydrogen (secondary N) is 2. The molecule has 0 aliphatic heterocycles. The minimum atomic E-state index is -0.104. The third-order valence-electron chi connectivity index (χ3n) is 4.52. The third-order valence-corrected chi connectivity index (χ3v) is 4.52. The highest BCUT2D eigenvalue weighted by atomic mass is 16.2. The molecule has 0 bridgehead atoms. The van der Waals surface area contributed by atoms with Crippen molar-refractivity contribution in [2.24, 2.45) is 0 Å². The molecular formula is C19H30N4O2. The molecule has 1 aromatic rings. The normalized spacial score (nSPS) is 15.0. The maximum Gasteiger partial charge on any atom is 0.238 e. The number of nitrogens with zero attached hydrogens (tertiary/aromatic N) is 2. The van der Waals surface area contributed by atoms with E-state index in [0.717, 1.165) is 5.56 Å². The summed E-state index contributed by atoms with van der Waals surface area (Å²) in [5.74, 6) is -0.157. The van der Waals surface area contributed by atoms with Gasteiger partial charge in [-0.15, -0.1) is 0 Å². The van der Waals surface area contributed by atoms with Gasteiger partial charge in [-0.25, -0.2) is 0 Å². The van der Waals surface area contributed by atoms with Crippen molar-refractivity contribution in [1.82, 2.24) is 9.80 Å². The molecule has 1 fully saturated rings. The van der Waals surface area contributed by atoms with Crippen LogP contribution in [0.1, 0.15) is 31.2 Å². The number of benzene rings is 1. The Morgan fingerprint density at radius 3 is 2.24 bits per heavy atom. The average molecular weight is 346 g/mol. The molecule has 1 aromatic carbocycles. The third kappa shape index (κ3) is 6.14. The Balaban J connectivity index is 2.00. The zero-order valence-electron chi connectivity index (χ0n) is 15.8. The van der Waals surface area contributed by atoms with Crippen molar-refractivity contribution in [3.05, 3.63) is 23.8 Å². The molecule has 0 spiro atoms. The molecule has 6 heteroatoms. The first-order chi connectivity index (χ1) is 11.8. The van der Waals surface area contributed by atoms with Crippen molar-refractivity contribution < 1.29 is 9.59 Å². The summed E-state index contributed by atoms with van der Waals surface area (Å²) in [4.78, 5) is 28.4. The fourth-order valence-electron chi connectivity index (χ4n) is 3.24. The summed E-state index contributed by atoms with van der Waals surface area (Å²) in [7, 11) is 5.69. The maximum absolute atomic E-state index is 12.4. The van der Waals surface area contributed by atoms with Crippen LogP contribution < -0.4 is 10.6 Å². The lowest BCUT2D eigenvalue weighted by atomic mass is 10.2. The van der Waals surface area contributed by atoms with Gasteiger partial charge < -0.3 is 15.5 Å². The molecular weight excluding hydrogens is 316 g/mol. The maximum atomic E-state index is 12.4. The first-order valence-electron chi connectivity index (χ1n) is 8.90. The molecule has 0 heterocycles. The van der Waals surface area contributed by atoms with Crippen molar-refractivity contribution in [2.45, 2.75) is 38.6 Å². The lowest BCUT2D eigenvalue weighted by molar-refractivity contribution is -0.118. The van der Waals surface area contributed by atoms with E-state index in [1.54, 1.807) is 4.90 Å². The van der Waals surface area contributed by atoms with E-state index in [2.05, 4.69) is 15.5 Å². The summed E-state index contributed by atoms with van der Waals surface area (Å²) in [6, 6.07) is 6.14. The minimum absolute atomic E-state index is 0.0527. The number of likely N-dealkylation sites (N-methyl/N-ethyl adjacent to an activating group) is 2. The van der Waals surface area contributed by atoms with Gasteiger partial charge in [0.05, 0.1) is 24.5 Å². The Morgan fingerprint density at radius 1 is 1.00 bits per heavy atom. The molecule has 6 nitrogen and oxygen atoms in total. The van der Waals surface area contributed by atoms with Gasteiger partial charge in [-0.1, -0.05) is 18.9 Å². The number of anilines is 2. The molecule has 1 saturated carbocycles. The standard InChI is InChI=1S/C19H30N4O2/c1-14-9-10-16(20-18(24)12-22(2)3)17(11-14)21-19(25)13-23(4)15-7-5-6-8-15/h9-11,15H,5-8,12-13H2,1-4H3,(H,20,24)(H,21,25). The van der Waals surface area contributed by atoms with Crippen LogP contribution >= 0.6 is 0 Å². The smallest absolute Gasteiger partial charge is 0.238 e. The molecule has 0 unspecified atom stereocenters. The second-order valence-corrected chi connectivity index (χ2v) is 7.24. The van der Waals surface area contributed by atoms with Gasteiger partial charge in [-0.3, -0.25) is 14.5 Å². The van der Waals surface area contributed by atoms with Crippen molar-refractivity contribution in [3.63, 3.8) is 0 Å². The summed E-state index contributed by atoms with van der Waals surface area (Å²) in [6.45, 7) is 2.63. The van der Waals surface area contributed by atoms with E-state index in [4.69, 9.17) is 0 Å². The predicted octanol–water partition coefficient (Wildman–Crippen LogP) is 2.31. The van der Waals surface area contributed by atoms with Crippen LogP contribution in [0.2, 0.25) is 0 Å². The summed E-state index contributed by atoms with van der Waals surface area (Å²) >= 11 is 0. The van der Waals surface area contributed by atoms with E-state index < -0.39 is 0 Å². The molecule has 2 amide bonds. The highest BCUT2D eigenvalue weighted by Gasteiger charge is 2.21. The van der Waals surface area contributed by atoms with Crippen molar-refractivity contribution in [1.29, 1.82) is 0 Å². The van der Waals surface area contributed by atoms with Crippen molar-refractivity contribution in [2.75, 3.05) is 44.9 Å². The largest absolute Gasteiger partial charge is 0.323 e. The van der Waals surface area contributed by atoms with Gasteiger partial charge in [-0.2, -0.15) is 0 Å². The quantitative estimate of drug-likeness (QED) is 0.795. The summed E-state index contributed by atoms with van der Waals surface area (Å²) < 4.78 is 0. The van der Waals surface area contributed by atoms with Gasteiger partial charge in [0, 0.05) is 6.04 Å². The second kappa shape index (κ2) is 8.97. The van der Waals surface area contributed by atoms with Crippen LogP contribution in [-0.4, -0.2) is 61.9 Å². The van der Waals surface area contributed by atoms with E-state index in [1.165, 1.54) is 25.7 Å². The molecule has 25 heavy (non-hydrogen) atoms. The van der Waals surface area contributed by atoms with Crippen LogP contribution in [0, 0.1) is 6.92 Å². The second-order valence-electron chi connectivity index (χ2n) is 7.24. The van der Waals surface area contributed by atoms with Crippen LogP contribution in [0.5, 0.6) is 0 Å². The number of hydrogen-bond acceptors (Lipinski definition) is 4. The fourth-order valence-corrected chi connectivity index (χ4v) is 3.24. The Bertz CT molecular complexity index is 609. The van der Waals surface area contributed by atoms with E-state index in [9.17, 15) is 9.59 Å². The summed E-state index contributed by atoms with van der Waals surface area (Å²) in [5.41, 5.74) is 2.32. The number of amides is 2. The van der Waals surface area contributed by atoms with Crippen LogP contribution in [0.3, 0.4) is 0 Å². The van der Waals surface area contributed by atoms with Gasteiger partial charge in [-0.05, 0) is 58.6 Å². The Kier molecular flexibility index (Phi) is 6.96. The SMILES string of the molecule is Cc1ccc(NC(=O)CN(C)C)c(NC(=O)CN(C)C2CCCC2)c1. The predicted molar refractivity (Wildman–Crippen MR) is 102 cm³/mol. The fraction of sp³-hybridized carbons (Fsp3) is 0.579. The summed E-state index contributed by atoms with van der Waals surface area (Å²) in [5, 5.41) is 5.83. The Hall–Kier alpha value is -1.92. The number of hydrogen-bond donors (Lipinski definition) is 2. The van der Waals surface area contributed by atoms with Gasteiger partial charge in [0.2, 0.25) is 11.8 Å². The lowest BCUT2D eigenvalue weighted by Gasteiger charge is -2.23. The average Bonchev–Trinajstić information content (AvgIpc) is 3.03. The molecule has 0 saturated heterocycles. The van der Waals surface area contributed by atoms with Crippen molar-refractivity contribution in [3.8, 4) is 0 Å². The number of rotatable bonds is 7. The molecule has 1 aliphatic carbocycles. The molecule has 1 aliphatic rings. The van der Waals surface area contributed by atoms with Crippen molar-refractivity contribution >= 4 is 23.2 Å². The van der Waals surface area contributed by atoms with E-state index in [-0.39, 0.29) is 11.8 Å². The van der Waals surface area contributed by atoms with Crippen LogP contribution in [0.25, 0.3) is 0 Å². The Morgan fingerprint density at radius 2 is 1.60 bits per heavy atom. The van der Waals surface area contributed by atoms with E-state index >= 15 is 0 Å². The van der Waals surface area contributed by atoms with E-state index in [0.29, 0.717) is 30.5 Å². The molecule has 2 N–H and O–H groups in total. The van der Waals surface area contributed by atoms with E-state index in [1.807, 2.05) is 46.3 Å². The highest BCUT2D eigenvalue weighted by Crippen LogP contribution is 2.24.